The Bertz CT molecular complexity index is 533. The number of nitrogens with zero attached hydrogens (tertiary/aromatic N) is 4. The Kier molecular flexibility index (Phi) is 6.12. The predicted octanol–water partition coefficient (Wildman–Crippen LogP) is 1.55. The van der Waals surface area contributed by atoms with Gasteiger partial charge in [0.2, 0.25) is 9.84 Å². The van der Waals surface area contributed by atoms with Gasteiger partial charge < -0.3 is 4.90 Å². The van der Waals surface area contributed by atoms with Gasteiger partial charge in [-0.25, -0.2) is 18.2 Å². The standard InChI is InChI=1S/C12H22N4O3S/c1-4-7-15(8-5-2)12(17)16-10-13-11(14-16)20(18,19)9-6-3/h10H,4-9H2,1-3H3. The van der Waals surface area contributed by atoms with Crippen LogP contribution in [0.4, 0.5) is 4.79 Å². The summed E-state index contributed by atoms with van der Waals surface area (Å²) in [7, 11) is -3.49. The smallest absolute Gasteiger partial charge is 0.323 e. The van der Waals surface area contributed by atoms with E-state index in [1.165, 1.54) is 6.33 Å². The van der Waals surface area contributed by atoms with Crippen LogP contribution in [0.25, 0.3) is 0 Å². The van der Waals surface area contributed by atoms with E-state index in [4.69, 9.17) is 0 Å². The Labute approximate surface area is 119 Å². The summed E-state index contributed by atoms with van der Waals surface area (Å²) in [5, 5.41) is 3.54. The zero-order chi connectivity index (χ0) is 15.2. The molecule has 0 aliphatic rings. The van der Waals surface area contributed by atoms with E-state index in [9.17, 15) is 13.2 Å². The summed E-state index contributed by atoms with van der Waals surface area (Å²) < 4.78 is 24.7. The van der Waals surface area contributed by atoms with Gasteiger partial charge in [-0.3, -0.25) is 0 Å². The molecule has 114 valence electrons. The van der Waals surface area contributed by atoms with Crippen LogP contribution in [0.2, 0.25) is 0 Å². The van der Waals surface area contributed by atoms with Gasteiger partial charge >= 0.3 is 6.03 Å². The zero-order valence-electron chi connectivity index (χ0n) is 12.2. The molecular weight excluding hydrogens is 280 g/mol. The van der Waals surface area contributed by atoms with Crippen molar-refractivity contribution in [2.75, 3.05) is 18.8 Å². The van der Waals surface area contributed by atoms with Crippen molar-refractivity contribution in [3.05, 3.63) is 6.33 Å². The average Bonchev–Trinajstić information content (AvgIpc) is 2.88. The Morgan fingerprint density at radius 3 is 2.30 bits per heavy atom. The SMILES string of the molecule is CCCN(CCC)C(=O)n1cnc(S(=O)(=O)CCC)n1. The minimum Gasteiger partial charge on any atom is -0.323 e. The molecule has 1 aromatic heterocycles. The lowest BCUT2D eigenvalue weighted by Crippen LogP contribution is -2.36. The summed E-state index contributed by atoms with van der Waals surface area (Å²) in [6.45, 7) is 6.96. The summed E-state index contributed by atoms with van der Waals surface area (Å²) in [4.78, 5) is 17.6. The monoisotopic (exact) mass is 302 g/mol. The fourth-order valence-corrected chi connectivity index (χ4v) is 2.97. The van der Waals surface area contributed by atoms with E-state index in [1.54, 1.807) is 11.8 Å². The van der Waals surface area contributed by atoms with Gasteiger partial charge in [-0.2, -0.15) is 4.68 Å². The van der Waals surface area contributed by atoms with Crippen molar-refractivity contribution >= 4 is 15.9 Å². The number of hydrogen-bond acceptors (Lipinski definition) is 5. The van der Waals surface area contributed by atoms with Gasteiger partial charge in [-0.1, -0.05) is 20.8 Å². The van der Waals surface area contributed by atoms with E-state index >= 15 is 0 Å². The van der Waals surface area contributed by atoms with Crippen LogP contribution in [-0.4, -0.2) is 53.0 Å². The predicted molar refractivity (Wildman–Crippen MR) is 75.3 cm³/mol. The van der Waals surface area contributed by atoms with Gasteiger partial charge in [-0.05, 0) is 19.3 Å². The second-order valence-corrected chi connectivity index (χ2v) is 6.56. The molecule has 8 heteroatoms. The Morgan fingerprint density at radius 1 is 1.20 bits per heavy atom. The van der Waals surface area contributed by atoms with Crippen LogP contribution in [-0.2, 0) is 9.84 Å². The third-order valence-corrected chi connectivity index (χ3v) is 4.36. The highest BCUT2D eigenvalue weighted by molar-refractivity contribution is 7.91. The van der Waals surface area contributed by atoms with E-state index in [2.05, 4.69) is 10.1 Å². The number of hydrogen-bond donors (Lipinski definition) is 0. The third kappa shape index (κ3) is 4.03. The van der Waals surface area contributed by atoms with Crippen molar-refractivity contribution in [2.24, 2.45) is 0 Å². The Morgan fingerprint density at radius 2 is 1.80 bits per heavy atom. The first-order chi connectivity index (χ1) is 9.46. The van der Waals surface area contributed by atoms with Crippen LogP contribution in [0.15, 0.2) is 11.5 Å². The maximum absolute atomic E-state index is 12.2. The highest BCUT2D eigenvalue weighted by Crippen LogP contribution is 2.06. The maximum atomic E-state index is 12.2. The van der Waals surface area contributed by atoms with Crippen LogP contribution < -0.4 is 0 Å². The van der Waals surface area contributed by atoms with Gasteiger partial charge in [0, 0.05) is 13.1 Å². The Balaban J connectivity index is 2.93. The second-order valence-electron chi connectivity index (χ2n) is 4.56. The third-order valence-electron chi connectivity index (χ3n) is 2.68. The van der Waals surface area contributed by atoms with E-state index in [1.807, 2.05) is 13.8 Å². The van der Waals surface area contributed by atoms with Crippen molar-refractivity contribution in [3.63, 3.8) is 0 Å². The minimum absolute atomic E-state index is 0.0150. The number of rotatable bonds is 7. The molecule has 7 nitrogen and oxygen atoms in total. The molecule has 0 bridgehead atoms. The molecule has 0 aliphatic carbocycles. The van der Waals surface area contributed by atoms with Crippen molar-refractivity contribution < 1.29 is 13.2 Å². The number of amides is 1. The molecule has 1 amide bonds. The zero-order valence-corrected chi connectivity index (χ0v) is 13.1. The largest absolute Gasteiger partial charge is 0.346 e. The van der Waals surface area contributed by atoms with E-state index in [0.717, 1.165) is 17.5 Å². The average molecular weight is 302 g/mol. The molecule has 0 atom stereocenters. The van der Waals surface area contributed by atoms with E-state index in [0.29, 0.717) is 19.5 Å². The first-order valence-electron chi connectivity index (χ1n) is 6.89. The molecule has 1 aromatic rings. The summed E-state index contributed by atoms with van der Waals surface area (Å²) in [6, 6.07) is -0.334. The van der Waals surface area contributed by atoms with Crippen molar-refractivity contribution in [1.29, 1.82) is 0 Å². The minimum atomic E-state index is -3.49. The van der Waals surface area contributed by atoms with Crippen LogP contribution in [0.3, 0.4) is 0 Å². The second kappa shape index (κ2) is 7.37. The Hall–Kier alpha value is -1.44. The fraction of sp³-hybridized carbons (Fsp3) is 0.750. The molecule has 20 heavy (non-hydrogen) atoms. The number of carbonyl (C=O) groups excluding carboxylic acids is 1. The molecule has 0 unspecified atom stereocenters. The van der Waals surface area contributed by atoms with Gasteiger partial charge in [0.15, 0.2) is 0 Å². The highest BCUT2D eigenvalue weighted by atomic mass is 32.2. The molecule has 0 spiro atoms. The summed E-state index contributed by atoms with van der Waals surface area (Å²) in [5.41, 5.74) is 0. The summed E-state index contributed by atoms with van der Waals surface area (Å²) >= 11 is 0. The first kappa shape index (κ1) is 16.6. The van der Waals surface area contributed by atoms with Gasteiger partial charge in [0.1, 0.15) is 6.33 Å². The lowest BCUT2D eigenvalue weighted by atomic mass is 10.4. The maximum Gasteiger partial charge on any atom is 0.346 e. The first-order valence-corrected chi connectivity index (χ1v) is 8.55. The van der Waals surface area contributed by atoms with Crippen molar-refractivity contribution in [3.8, 4) is 0 Å². The summed E-state index contributed by atoms with van der Waals surface area (Å²) in [5.74, 6) is -0.0150. The number of sulfone groups is 1. The molecule has 0 aromatic carbocycles. The van der Waals surface area contributed by atoms with Gasteiger partial charge in [0.05, 0.1) is 5.75 Å². The quantitative estimate of drug-likeness (QED) is 0.763. The molecule has 0 saturated heterocycles. The molecule has 0 saturated carbocycles. The molecule has 0 aliphatic heterocycles. The topological polar surface area (TPSA) is 85.2 Å². The van der Waals surface area contributed by atoms with Crippen molar-refractivity contribution in [2.45, 2.75) is 45.2 Å². The van der Waals surface area contributed by atoms with Crippen LogP contribution in [0, 0.1) is 0 Å². The molecule has 1 heterocycles. The fourth-order valence-electron chi connectivity index (χ4n) is 1.83. The van der Waals surface area contributed by atoms with E-state index in [-0.39, 0.29) is 16.9 Å². The highest BCUT2D eigenvalue weighted by Gasteiger charge is 2.22. The summed E-state index contributed by atoms with van der Waals surface area (Å²) in [6.07, 6.45) is 3.33. The van der Waals surface area contributed by atoms with Gasteiger partial charge in [0.25, 0.3) is 5.16 Å². The van der Waals surface area contributed by atoms with Crippen LogP contribution in [0.1, 0.15) is 40.0 Å². The lowest BCUT2D eigenvalue weighted by molar-refractivity contribution is 0.196. The number of aromatic nitrogens is 3. The normalized spacial score (nSPS) is 11.6. The molecule has 0 N–H and O–H groups in total. The number of carbonyl (C=O) groups is 1. The lowest BCUT2D eigenvalue weighted by Gasteiger charge is -2.20. The molecule has 0 radical (unpaired) electrons. The van der Waals surface area contributed by atoms with Gasteiger partial charge in [-0.15, -0.1) is 5.10 Å². The molecule has 1 rings (SSSR count). The van der Waals surface area contributed by atoms with Crippen LogP contribution in [0.5, 0.6) is 0 Å². The van der Waals surface area contributed by atoms with Crippen molar-refractivity contribution in [1.82, 2.24) is 19.7 Å². The molecule has 0 fully saturated rings. The van der Waals surface area contributed by atoms with E-state index < -0.39 is 9.84 Å². The van der Waals surface area contributed by atoms with Crippen LogP contribution >= 0.6 is 0 Å². The molecular formula is C12H22N4O3S.